The number of hydrogen-bond donors (Lipinski definition) is 3. The van der Waals surface area contributed by atoms with Gasteiger partial charge in [0.1, 0.15) is 17.1 Å². The Labute approximate surface area is 179 Å². The minimum absolute atomic E-state index is 0.0647. The van der Waals surface area contributed by atoms with Crippen LogP contribution in [-0.4, -0.2) is 31.4 Å². The lowest BCUT2D eigenvalue weighted by atomic mass is 9.77. The molecule has 0 radical (unpaired) electrons. The summed E-state index contributed by atoms with van der Waals surface area (Å²) in [6, 6.07) is 19.6. The molecule has 5 rings (SSSR count). The van der Waals surface area contributed by atoms with E-state index in [0.717, 1.165) is 27.7 Å². The first-order valence-electron chi connectivity index (χ1n) is 10.2. The predicted octanol–water partition coefficient (Wildman–Crippen LogP) is 3.53. The molecule has 1 aliphatic carbocycles. The van der Waals surface area contributed by atoms with Crippen LogP contribution in [-0.2, 0) is 0 Å². The van der Waals surface area contributed by atoms with Crippen LogP contribution in [0.3, 0.4) is 0 Å². The number of pyridine rings is 1. The number of aliphatic hydroxyl groups is 1. The molecule has 2 aromatic heterocycles. The number of rotatable bonds is 4. The van der Waals surface area contributed by atoms with Crippen molar-refractivity contribution in [1.82, 2.24) is 14.8 Å². The van der Waals surface area contributed by atoms with Crippen molar-refractivity contribution in [2.45, 2.75) is 31.4 Å². The van der Waals surface area contributed by atoms with Gasteiger partial charge < -0.3 is 16.6 Å². The highest BCUT2D eigenvalue weighted by molar-refractivity contribution is 6.04. The normalized spacial score (nSPS) is 20.5. The highest BCUT2D eigenvalue weighted by Gasteiger charge is 2.41. The maximum absolute atomic E-state index is 12.2. The Kier molecular flexibility index (Phi) is 4.30. The van der Waals surface area contributed by atoms with Crippen LogP contribution in [0.5, 0.6) is 0 Å². The Bertz CT molecular complexity index is 1300. The van der Waals surface area contributed by atoms with Crippen molar-refractivity contribution in [3.05, 3.63) is 66.2 Å². The van der Waals surface area contributed by atoms with E-state index in [-0.39, 0.29) is 17.4 Å². The Balaban J connectivity index is 1.61. The monoisotopic (exact) mass is 413 g/mol. The smallest absolute Gasteiger partial charge is 0.254 e. The van der Waals surface area contributed by atoms with Crippen LogP contribution in [0.15, 0.2) is 60.7 Å². The van der Waals surface area contributed by atoms with Crippen LogP contribution in [0.2, 0.25) is 0 Å². The summed E-state index contributed by atoms with van der Waals surface area (Å²) in [5, 5.41) is 15.7. The highest BCUT2D eigenvalue weighted by atomic mass is 16.3. The highest BCUT2D eigenvalue weighted by Crippen LogP contribution is 2.43. The number of fused-ring (bicyclic) bond motifs is 1. The van der Waals surface area contributed by atoms with Crippen molar-refractivity contribution in [3.63, 3.8) is 0 Å². The molecule has 1 amide bonds. The molecule has 7 heteroatoms. The van der Waals surface area contributed by atoms with Gasteiger partial charge in [-0.05, 0) is 31.9 Å². The number of benzene rings is 2. The third kappa shape index (κ3) is 3.33. The molecule has 5 N–H and O–H groups in total. The average molecular weight is 413 g/mol. The standard InChI is InChI=1S/C24H23N5O2/c1-24(31)12-17(13-24)29-22(25)20(23(26)30)21(28-29)16-8-7-15-9-10-18(27-19(15)11-16)14-5-3-2-4-6-14/h2-11,17,31H,12-13,25H2,1H3,(H2,26,30)/t17-,24-. The number of carbonyl (C=O) groups is 1. The van der Waals surface area contributed by atoms with Gasteiger partial charge in [0.25, 0.3) is 5.91 Å². The number of amides is 1. The van der Waals surface area contributed by atoms with E-state index in [0.29, 0.717) is 18.5 Å². The first kappa shape index (κ1) is 19.3. The van der Waals surface area contributed by atoms with E-state index in [1.165, 1.54) is 0 Å². The van der Waals surface area contributed by atoms with Crippen LogP contribution < -0.4 is 11.5 Å². The van der Waals surface area contributed by atoms with E-state index in [1.807, 2.05) is 60.7 Å². The molecule has 0 saturated heterocycles. The van der Waals surface area contributed by atoms with E-state index in [1.54, 1.807) is 11.6 Å². The second-order valence-electron chi connectivity index (χ2n) is 8.45. The summed E-state index contributed by atoms with van der Waals surface area (Å²) in [5.74, 6) is -0.398. The fourth-order valence-corrected chi connectivity index (χ4v) is 4.33. The van der Waals surface area contributed by atoms with Gasteiger partial charge in [0, 0.05) is 16.5 Å². The molecule has 4 aromatic rings. The van der Waals surface area contributed by atoms with Crippen molar-refractivity contribution in [2.24, 2.45) is 5.73 Å². The molecule has 0 spiro atoms. The molecule has 0 atom stereocenters. The Morgan fingerprint density at radius 3 is 2.48 bits per heavy atom. The third-order valence-corrected chi connectivity index (χ3v) is 5.93. The van der Waals surface area contributed by atoms with E-state index in [4.69, 9.17) is 16.5 Å². The number of aromatic nitrogens is 3. The molecule has 156 valence electrons. The summed E-state index contributed by atoms with van der Waals surface area (Å²) in [5.41, 5.74) is 15.2. The maximum Gasteiger partial charge on any atom is 0.254 e. The molecule has 7 nitrogen and oxygen atoms in total. The van der Waals surface area contributed by atoms with Gasteiger partial charge in [-0.25, -0.2) is 9.67 Å². The molecule has 2 heterocycles. The molecular weight excluding hydrogens is 390 g/mol. The second kappa shape index (κ2) is 6.92. The van der Waals surface area contributed by atoms with Crippen molar-refractivity contribution >= 4 is 22.6 Å². The fourth-order valence-electron chi connectivity index (χ4n) is 4.33. The van der Waals surface area contributed by atoms with Gasteiger partial charge in [0.05, 0.1) is 22.9 Å². The topological polar surface area (TPSA) is 120 Å². The first-order valence-corrected chi connectivity index (χ1v) is 10.2. The number of hydrogen-bond acceptors (Lipinski definition) is 5. The minimum atomic E-state index is -0.739. The van der Waals surface area contributed by atoms with E-state index in [9.17, 15) is 9.90 Å². The summed E-state index contributed by atoms with van der Waals surface area (Å²) in [4.78, 5) is 17.0. The van der Waals surface area contributed by atoms with Crippen molar-refractivity contribution in [2.75, 3.05) is 5.73 Å². The Morgan fingerprint density at radius 1 is 1.10 bits per heavy atom. The summed E-state index contributed by atoms with van der Waals surface area (Å²) in [6.07, 6.45) is 1.05. The lowest BCUT2D eigenvalue weighted by Crippen LogP contribution is -2.42. The summed E-state index contributed by atoms with van der Waals surface area (Å²) in [6.45, 7) is 1.78. The third-order valence-electron chi connectivity index (χ3n) is 5.93. The van der Waals surface area contributed by atoms with Gasteiger partial charge in [-0.1, -0.05) is 48.5 Å². The van der Waals surface area contributed by atoms with E-state index in [2.05, 4.69) is 5.10 Å². The molecule has 0 unspecified atom stereocenters. The minimum Gasteiger partial charge on any atom is -0.390 e. The average Bonchev–Trinajstić information content (AvgIpc) is 3.09. The number of carbonyl (C=O) groups excluding carboxylic acids is 1. The van der Waals surface area contributed by atoms with E-state index < -0.39 is 11.5 Å². The van der Waals surface area contributed by atoms with E-state index >= 15 is 0 Å². The van der Waals surface area contributed by atoms with Gasteiger partial charge in [-0.15, -0.1) is 0 Å². The van der Waals surface area contributed by atoms with Gasteiger partial charge >= 0.3 is 0 Å². The summed E-state index contributed by atoms with van der Waals surface area (Å²) >= 11 is 0. The van der Waals surface area contributed by atoms with Gasteiger partial charge in [-0.3, -0.25) is 4.79 Å². The zero-order chi connectivity index (χ0) is 21.8. The molecule has 1 saturated carbocycles. The zero-order valence-electron chi connectivity index (χ0n) is 17.1. The van der Waals surface area contributed by atoms with Crippen LogP contribution in [0.25, 0.3) is 33.4 Å². The number of nitrogens with two attached hydrogens (primary N) is 2. The van der Waals surface area contributed by atoms with Crippen molar-refractivity contribution in [3.8, 4) is 22.5 Å². The Morgan fingerprint density at radius 2 is 1.81 bits per heavy atom. The molecule has 0 bridgehead atoms. The van der Waals surface area contributed by atoms with Gasteiger partial charge in [-0.2, -0.15) is 5.10 Å². The quantitative estimate of drug-likeness (QED) is 0.473. The van der Waals surface area contributed by atoms with Crippen LogP contribution in [0, 0.1) is 0 Å². The van der Waals surface area contributed by atoms with Gasteiger partial charge in [0.2, 0.25) is 0 Å². The maximum atomic E-state index is 12.2. The lowest BCUT2D eigenvalue weighted by Gasteiger charge is -2.41. The molecule has 1 fully saturated rings. The fraction of sp³-hybridized carbons (Fsp3) is 0.208. The van der Waals surface area contributed by atoms with Crippen molar-refractivity contribution < 1.29 is 9.90 Å². The number of anilines is 1. The molecular formula is C24H23N5O2. The molecule has 1 aliphatic rings. The lowest BCUT2D eigenvalue weighted by molar-refractivity contribution is -0.0535. The SMILES string of the molecule is C[C@]1(O)C[C@H](n2nc(-c3ccc4ccc(-c5ccccc5)nc4c3)c(C(N)=O)c2N)C1. The van der Waals surface area contributed by atoms with Crippen LogP contribution in [0.1, 0.15) is 36.2 Å². The molecule has 0 aliphatic heterocycles. The molecule has 2 aromatic carbocycles. The van der Waals surface area contributed by atoms with Crippen molar-refractivity contribution in [1.29, 1.82) is 0 Å². The number of primary amides is 1. The largest absolute Gasteiger partial charge is 0.390 e. The van der Waals surface area contributed by atoms with Crippen LogP contribution >= 0.6 is 0 Å². The summed E-state index contributed by atoms with van der Waals surface area (Å²) < 4.78 is 1.62. The second-order valence-corrected chi connectivity index (χ2v) is 8.45. The van der Waals surface area contributed by atoms with Crippen LogP contribution in [0.4, 0.5) is 5.82 Å². The predicted molar refractivity (Wildman–Crippen MR) is 120 cm³/mol. The summed E-state index contributed by atoms with van der Waals surface area (Å²) in [7, 11) is 0. The Hall–Kier alpha value is -3.71. The number of nitrogens with zero attached hydrogens (tertiary/aromatic N) is 3. The number of nitrogen functional groups attached to an aromatic ring is 1. The molecule has 31 heavy (non-hydrogen) atoms. The first-order chi connectivity index (χ1) is 14.8. The van der Waals surface area contributed by atoms with Gasteiger partial charge in [0.15, 0.2) is 0 Å². The zero-order valence-corrected chi connectivity index (χ0v) is 17.1.